The number of primary amides is 1. The van der Waals surface area contributed by atoms with Crippen molar-refractivity contribution in [2.75, 3.05) is 19.0 Å². The molecule has 2 rings (SSSR count). The van der Waals surface area contributed by atoms with Crippen LogP contribution >= 0.6 is 0 Å². The topological polar surface area (TPSA) is 46.3 Å². The van der Waals surface area contributed by atoms with E-state index in [4.69, 9.17) is 5.73 Å². The van der Waals surface area contributed by atoms with Gasteiger partial charge in [-0.05, 0) is 23.3 Å². The molecule has 0 atom stereocenters. The van der Waals surface area contributed by atoms with Gasteiger partial charge in [0.2, 0.25) is 5.91 Å². The minimum atomic E-state index is -0.377. The number of anilines is 1. The summed E-state index contributed by atoms with van der Waals surface area (Å²) in [5.74, 6) is -0.377. The number of carbonyl (C=O) groups excluding carboxylic acids is 1. The van der Waals surface area contributed by atoms with Gasteiger partial charge in [0.15, 0.2) is 0 Å². The Morgan fingerprint density at radius 3 is 2.21 bits per heavy atom. The van der Waals surface area contributed by atoms with Crippen molar-refractivity contribution >= 4 is 11.6 Å². The summed E-state index contributed by atoms with van der Waals surface area (Å²) in [4.78, 5) is 13.5. The Balaban J connectivity index is 2.39. The summed E-state index contributed by atoms with van der Waals surface area (Å²) < 4.78 is 0. The number of carbonyl (C=O) groups is 1. The number of hydrogen-bond acceptors (Lipinski definition) is 2. The summed E-state index contributed by atoms with van der Waals surface area (Å²) in [6.45, 7) is 0. The van der Waals surface area contributed by atoms with Gasteiger partial charge in [0.1, 0.15) is 0 Å². The molecule has 0 spiro atoms. The van der Waals surface area contributed by atoms with E-state index < -0.39 is 0 Å². The first-order chi connectivity index (χ1) is 9.09. The zero-order valence-corrected chi connectivity index (χ0v) is 11.3. The molecule has 0 saturated heterocycles. The summed E-state index contributed by atoms with van der Waals surface area (Å²) in [5.41, 5.74) is 9.31. The number of nitrogens with two attached hydrogens (primary N) is 1. The zero-order valence-electron chi connectivity index (χ0n) is 11.3. The highest BCUT2D eigenvalue weighted by Crippen LogP contribution is 2.22. The lowest BCUT2D eigenvalue weighted by Crippen LogP contribution is -2.15. The van der Waals surface area contributed by atoms with E-state index in [-0.39, 0.29) is 5.91 Å². The Morgan fingerprint density at radius 1 is 1.00 bits per heavy atom. The van der Waals surface area contributed by atoms with Crippen LogP contribution in [0.2, 0.25) is 0 Å². The van der Waals surface area contributed by atoms with Gasteiger partial charge in [-0.15, -0.1) is 0 Å². The van der Waals surface area contributed by atoms with E-state index in [1.54, 1.807) is 6.07 Å². The molecule has 3 nitrogen and oxygen atoms in total. The first kappa shape index (κ1) is 13.1. The maximum atomic E-state index is 11.4. The Labute approximate surface area is 113 Å². The van der Waals surface area contributed by atoms with Crippen LogP contribution < -0.4 is 10.6 Å². The highest BCUT2D eigenvalue weighted by Gasteiger charge is 2.10. The minimum Gasteiger partial charge on any atom is -0.377 e. The lowest BCUT2D eigenvalue weighted by Gasteiger charge is -2.18. The van der Waals surface area contributed by atoms with Gasteiger partial charge < -0.3 is 10.6 Å². The number of para-hydroxylation sites is 1. The molecule has 3 heteroatoms. The molecule has 0 bridgehead atoms. The van der Waals surface area contributed by atoms with Crippen molar-refractivity contribution in [3.05, 3.63) is 65.2 Å². The maximum absolute atomic E-state index is 11.4. The van der Waals surface area contributed by atoms with Crippen molar-refractivity contribution < 1.29 is 4.79 Å². The Morgan fingerprint density at radius 2 is 1.58 bits per heavy atom. The second kappa shape index (κ2) is 5.57. The summed E-state index contributed by atoms with van der Waals surface area (Å²) in [5, 5.41) is 0. The number of nitrogens with zero attached hydrogens (tertiary/aromatic N) is 1. The van der Waals surface area contributed by atoms with Crippen molar-refractivity contribution in [1.82, 2.24) is 0 Å². The van der Waals surface area contributed by atoms with Crippen LogP contribution in [0.15, 0.2) is 48.5 Å². The van der Waals surface area contributed by atoms with E-state index in [9.17, 15) is 4.79 Å². The predicted octanol–water partition coefficient (Wildman–Crippen LogP) is 2.44. The second-order valence-corrected chi connectivity index (χ2v) is 4.72. The molecule has 2 aromatic carbocycles. The van der Waals surface area contributed by atoms with E-state index in [2.05, 4.69) is 17.0 Å². The van der Waals surface area contributed by atoms with E-state index in [0.717, 1.165) is 11.3 Å². The van der Waals surface area contributed by atoms with Gasteiger partial charge in [-0.2, -0.15) is 0 Å². The molecule has 2 N–H and O–H groups in total. The highest BCUT2D eigenvalue weighted by molar-refractivity contribution is 5.94. The molecule has 0 fully saturated rings. The van der Waals surface area contributed by atoms with Gasteiger partial charge in [0, 0.05) is 31.8 Å². The van der Waals surface area contributed by atoms with Gasteiger partial charge in [-0.1, -0.05) is 36.4 Å². The van der Waals surface area contributed by atoms with Crippen LogP contribution in [0.5, 0.6) is 0 Å². The molecule has 0 saturated carbocycles. The Kier molecular flexibility index (Phi) is 3.85. The van der Waals surface area contributed by atoms with Gasteiger partial charge in [0.25, 0.3) is 0 Å². The van der Waals surface area contributed by atoms with Crippen LogP contribution in [0.4, 0.5) is 5.69 Å². The first-order valence-electron chi connectivity index (χ1n) is 6.22. The van der Waals surface area contributed by atoms with Gasteiger partial charge in [-0.3, -0.25) is 4.79 Å². The quantitative estimate of drug-likeness (QED) is 0.911. The van der Waals surface area contributed by atoms with Crippen molar-refractivity contribution in [3.63, 3.8) is 0 Å². The van der Waals surface area contributed by atoms with E-state index in [1.165, 1.54) is 5.56 Å². The lowest BCUT2D eigenvalue weighted by atomic mass is 9.98. The molecule has 98 valence electrons. The molecule has 19 heavy (non-hydrogen) atoms. The van der Waals surface area contributed by atoms with E-state index in [0.29, 0.717) is 12.0 Å². The predicted molar refractivity (Wildman–Crippen MR) is 78.5 cm³/mol. The Bertz CT molecular complexity index is 591. The van der Waals surface area contributed by atoms with Crippen LogP contribution in [0.25, 0.3) is 0 Å². The fraction of sp³-hybridized carbons (Fsp3) is 0.188. The average Bonchev–Trinajstić information content (AvgIpc) is 2.39. The highest BCUT2D eigenvalue weighted by atomic mass is 16.1. The first-order valence-corrected chi connectivity index (χ1v) is 6.22. The zero-order chi connectivity index (χ0) is 13.8. The fourth-order valence-electron chi connectivity index (χ4n) is 2.22. The molecule has 0 aliphatic heterocycles. The van der Waals surface area contributed by atoms with Crippen molar-refractivity contribution in [3.8, 4) is 0 Å². The van der Waals surface area contributed by atoms with Crippen LogP contribution in [0.3, 0.4) is 0 Å². The molecule has 0 radical (unpaired) electrons. The molecule has 2 aromatic rings. The van der Waals surface area contributed by atoms with Crippen LogP contribution in [0.1, 0.15) is 21.5 Å². The SMILES string of the molecule is CN(C)c1ccccc1Cc1ccccc1C(N)=O. The molecular formula is C16H18N2O. The number of hydrogen-bond donors (Lipinski definition) is 1. The Hall–Kier alpha value is -2.29. The lowest BCUT2D eigenvalue weighted by molar-refractivity contribution is 0.0999. The normalized spacial score (nSPS) is 10.2. The maximum Gasteiger partial charge on any atom is 0.248 e. The molecule has 0 heterocycles. The number of rotatable bonds is 4. The van der Waals surface area contributed by atoms with Gasteiger partial charge in [0.05, 0.1) is 0 Å². The van der Waals surface area contributed by atoms with Crippen molar-refractivity contribution in [2.45, 2.75) is 6.42 Å². The van der Waals surface area contributed by atoms with Crippen LogP contribution in [0, 0.1) is 0 Å². The summed E-state index contributed by atoms with van der Waals surface area (Å²) in [6.07, 6.45) is 0.702. The average molecular weight is 254 g/mol. The summed E-state index contributed by atoms with van der Waals surface area (Å²) in [6, 6.07) is 15.7. The molecular weight excluding hydrogens is 236 g/mol. The second-order valence-electron chi connectivity index (χ2n) is 4.72. The largest absolute Gasteiger partial charge is 0.377 e. The molecule has 0 aliphatic rings. The molecule has 1 amide bonds. The van der Waals surface area contributed by atoms with Gasteiger partial charge in [-0.25, -0.2) is 0 Å². The third-order valence-electron chi connectivity index (χ3n) is 3.14. The fourth-order valence-corrected chi connectivity index (χ4v) is 2.22. The van der Waals surface area contributed by atoms with E-state index in [1.807, 2.05) is 44.4 Å². The minimum absolute atomic E-state index is 0.377. The molecule has 0 aromatic heterocycles. The van der Waals surface area contributed by atoms with Crippen LogP contribution in [-0.4, -0.2) is 20.0 Å². The van der Waals surface area contributed by atoms with Crippen molar-refractivity contribution in [2.24, 2.45) is 5.73 Å². The summed E-state index contributed by atoms with van der Waals surface area (Å²) in [7, 11) is 4.03. The molecule has 0 aliphatic carbocycles. The van der Waals surface area contributed by atoms with Gasteiger partial charge >= 0.3 is 0 Å². The number of benzene rings is 2. The molecule has 0 unspecified atom stereocenters. The summed E-state index contributed by atoms with van der Waals surface area (Å²) >= 11 is 0. The monoisotopic (exact) mass is 254 g/mol. The van der Waals surface area contributed by atoms with E-state index >= 15 is 0 Å². The van der Waals surface area contributed by atoms with Crippen LogP contribution in [-0.2, 0) is 6.42 Å². The number of amides is 1. The third kappa shape index (κ3) is 2.94. The third-order valence-corrected chi connectivity index (χ3v) is 3.14. The smallest absolute Gasteiger partial charge is 0.248 e. The standard InChI is InChI=1S/C16H18N2O/c1-18(2)15-10-6-4-8-13(15)11-12-7-3-5-9-14(12)16(17)19/h3-10H,11H2,1-2H3,(H2,17,19). The van der Waals surface area contributed by atoms with Crippen molar-refractivity contribution in [1.29, 1.82) is 0 Å².